The third-order valence-electron chi connectivity index (χ3n) is 5.62. The third-order valence-corrected chi connectivity index (χ3v) is 6.96. The van der Waals surface area contributed by atoms with E-state index in [1.807, 2.05) is 0 Å². The van der Waals surface area contributed by atoms with Crippen LogP contribution in [0.4, 0.5) is 24.5 Å². The van der Waals surface area contributed by atoms with Crippen LogP contribution in [0.1, 0.15) is 29.8 Å². The number of carbonyl (C=O) groups is 2. The third kappa shape index (κ3) is 6.20. The molecule has 1 heterocycles. The zero-order valence-corrected chi connectivity index (χ0v) is 20.3. The number of esters is 1. The summed E-state index contributed by atoms with van der Waals surface area (Å²) in [7, 11) is -2.04. The molecular weight excluding hydrogens is 503 g/mol. The van der Waals surface area contributed by atoms with Crippen molar-refractivity contribution in [3.05, 3.63) is 63.7 Å². The van der Waals surface area contributed by atoms with Gasteiger partial charge >= 0.3 is 12.1 Å². The molecular formula is C23H24F3N3O6S. The lowest BCUT2D eigenvalue weighted by molar-refractivity contribution is -0.387. The van der Waals surface area contributed by atoms with Gasteiger partial charge in [0.2, 0.25) is 0 Å². The van der Waals surface area contributed by atoms with Crippen molar-refractivity contribution in [1.82, 2.24) is 4.90 Å². The van der Waals surface area contributed by atoms with Crippen LogP contribution in [0, 0.1) is 10.1 Å². The Kier molecular flexibility index (Phi) is 8.33. The lowest BCUT2D eigenvalue weighted by Crippen LogP contribution is -2.53. The molecule has 1 aliphatic heterocycles. The molecule has 36 heavy (non-hydrogen) atoms. The fourth-order valence-electron chi connectivity index (χ4n) is 3.94. The molecule has 0 saturated carbocycles. The summed E-state index contributed by atoms with van der Waals surface area (Å²) >= 11 is 0. The van der Waals surface area contributed by atoms with E-state index in [2.05, 4.69) is 0 Å². The first kappa shape index (κ1) is 27.1. The fraction of sp³-hybridized carbons (Fsp3) is 0.391. The molecule has 0 aromatic heterocycles. The van der Waals surface area contributed by atoms with Crippen LogP contribution >= 0.6 is 0 Å². The largest absolute Gasteiger partial charge is 0.465 e. The molecule has 0 radical (unpaired) electrons. The Labute approximate surface area is 207 Å². The Hall–Kier alpha value is -3.48. The Balaban J connectivity index is 1.76. The van der Waals surface area contributed by atoms with Crippen molar-refractivity contribution in [1.29, 1.82) is 0 Å². The summed E-state index contributed by atoms with van der Waals surface area (Å²) in [5.74, 6) is -1.83. The highest BCUT2D eigenvalue weighted by Crippen LogP contribution is 2.33. The number of anilines is 1. The highest BCUT2D eigenvalue weighted by atomic mass is 32.2. The van der Waals surface area contributed by atoms with Crippen LogP contribution < -0.4 is 4.90 Å². The standard InChI is InChI=1S/C23H24F3N3O6S/c1-3-35-21(30)14-36(34)20-8-7-16(11-19(20)29(32)33)22(31)27-9-10-28(15(2)13-27)18-6-4-5-17(12-18)23(24,25)26/h4-8,11-12,15H,3,9-10,13-14H2,1-2H3/t15-,36?/m1/s1. The molecule has 1 amide bonds. The molecule has 0 bridgehead atoms. The number of rotatable bonds is 7. The second-order valence-corrected chi connectivity index (χ2v) is 9.50. The van der Waals surface area contributed by atoms with E-state index >= 15 is 0 Å². The van der Waals surface area contributed by atoms with Crippen molar-refractivity contribution in [2.75, 3.05) is 36.9 Å². The summed E-state index contributed by atoms with van der Waals surface area (Å²) in [4.78, 5) is 38.5. The normalized spacial score (nSPS) is 17.0. The predicted molar refractivity (Wildman–Crippen MR) is 125 cm³/mol. The first-order valence-electron chi connectivity index (χ1n) is 11.0. The summed E-state index contributed by atoms with van der Waals surface area (Å²) in [5.41, 5.74) is -0.940. The Morgan fingerprint density at radius 1 is 1.19 bits per heavy atom. The van der Waals surface area contributed by atoms with Gasteiger partial charge in [-0.25, -0.2) is 0 Å². The van der Waals surface area contributed by atoms with Crippen LogP contribution in [0.3, 0.4) is 0 Å². The SMILES string of the molecule is CCOC(=O)CS(=O)c1ccc(C(=O)N2CCN(c3cccc(C(F)(F)F)c3)[C@H](C)C2)cc1[N+](=O)[O-]. The van der Waals surface area contributed by atoms with Gasteiger partial charge in [0, 0.05) is 43.0 Å². The van der Waals surface area contributed by atoms with Gasteiger partial charge in [0.25, 0.3) is 11.6 Å². The summed E-state index contributed by atoms with van der Waals surface area (Å²) in [5, 5.41) is 11.6. The van der Waals surface area contributed by atoms with E-state index in [-0.39, 0.29) is 42.7 Å². The number of nitro groups is 1. The van der Waals surface area contributed by atoms with Crippen LogP contribution in [0.15, 0.2) is 47.4 Å². The van der Waals surface area contributed by atoms with Crippen LogP contribution in [0.25, 0.3) is 0 Å². The molecule has 9 nitrogen and oxygen atoms in total. The van der Waals surface area contributed by atoms with Crippen molar-refractivity contribution in [3.63, 3.8) is 0 Å². The van der Waals surface area contributed by atoms with Crippen molar-refractivity contribution in [2.45, 2.75) is 31.0 Å². The Morgan fingerprint density at radius 3 is 2.53 bits per heavy atom. The molecule has 1 fully saturated rings. The van der Waals surface area contributed by atoms with E-state index in [0.717, 1.165) is 18.2 Å². The molecule has 2 aromatic rings. The molecule has 3 rings (SSSR count). The number of amides is 1. The first-order valence-corrected chi connectivity index (χ1v) is 12.3. The number of hydrogen-bond acceptors (Lipinski definition) is 7. The van der Waals surface area contributed by atoms with Crippen LogP contribution in [0.2, 0.25) is 0 Å². The summed E-state index contributed by atoms with van der Waals surface area (Å²) < 4.78 is 56.5. The molecule has 1 saturated heterocycles. The molecule has 2 aromatic carbocycles. The zero-order chi connectivity index (χ0) is 26.6. The number of benzene rings is 2. The van der Waals surface area contributed by atoms with Gasteiger partial charge in [0.15, 0.2) is 0 Å². The van der Waals surface area contributed by atoms with Gasteiger partial charge in [-0.05, 0) is 44.2 Å². The summed E-state index contributed by atoms with van der Waals surface area (Å²) in [6.07, 6.45) is -4.47. The van der Waals surface area contributed by atoms with Crippen LogP contribution in [-0.4, -0.2) is 63.9 Å². The number of halogens is 3. The molecule has 13 heteroatoms. The first-order chi connectivity index (χ1) is 16.9. The minimum atomic E-state index is -4.47. The maximum atomic E-state index is 13.1. The minimum Gasteiger partial charge on any atom is -0.465 e. The maximum Gasteiger partial charge on any atom is 0.416 e. The molecule has 1 unspecified atom stereocenters. The van der Waals surface area contributed by atoms with E-state index in [4.69, 9.17) is 4.74 Å². The molecule has 0 spiro atoms. The quantitative estimate of drug-likeness (QED) is 0.307. The van der Waals surface area contributed by atoms with Crippen molar-refractivity contribution in [2.24, 2.45) is 0 Å². The molecule has 1 aliphatic rings. The number of nitro benzene ring substituents is 1. The van der Waals surface area contributed by atoms with Gasteiger partial charge in [-0.1, -0.05) is 6.07 Å². The number of alkyl halides is 3. The lowest BCUT2D eigenvalue weighted by atomic mass is 10.1. The monoisotopic (exact) mass is 527 g/mol. The van der Waals surface area contributed by atoms with Gasteiger partial charge < -0.3 is 14.5 Å². The molecule has 2 atom stereocenters. The molecule has 0 N–H and O–H groups in total. The number of piperazine rings is 1. The van der Waals surface area contributed by atoms with E-state index in [1.165, 1.54) is 23.1 Å². The van der Waals surface area contributed by atoms with Crippen LogP contribution in [-0.2, 0) is 26.5 Å². The highest BCUT2D eigenvalue weighted by molar-refractivity contribution is 7.85. The van der Waals surface area contributed by atoms with Crippen molar-refractivity contribution in [3.8, 4) is 0 Å². The number of hydrogen-bond donors (Lipinski definition) is 0. The van der Waals surface area contributed by atoms with Crippen molar-refractivity contribution >= 4 is 34.1 Å². The maximum absolute atomic E-state index is 13.1. The highest BCUT2D eigenvalue weighted by Gasteiger charge is 2.33. The lowest BCUT2D eigenvalue weighted by Gasteiger charge is -2.41. The smallest absolute Gasteiger partial charge is 0.416 e. The van der Waals surface area contributed by atoms with E-state index < -0.39 is 50.8 Å². The predicted octanol–water partition coefficient (Wildman–Crippen LogP) is 3.64. The fourth-order valence-corrected chi connectivity index (χ4v) is 4.98. The second kappa shape index (κ2) is 11.1. The second-order valence-electron chi connectivity index (χ2n) is 8.08. The summed E-state index contributed by atoms with van der Waals surface area (Å²) in [6.45, 7) is 4.04. The summed E-state index contributed by atoms with van der Waals surface area (Å²) in [6, 6.07) is 8.14. The average Bonchev–Trinajstić information content (AvgIpc) is 2.82. The van der Waals surface area contributed by atoms with E-state index in [0.29, 0.717) is 5.69 Å². The number of ether oxygens (including phenoxy) is 1. The van der Waals surface area contributed by atoms with Gasteiger partial charge in [-0.15, -0.1) is 0 Å². The molecule has 194 valence electrons. The number of nitrogens with zero attached hydrogens (tertiary/aromatic N) is 3. The Morgan fingerprint density at radius 2 is 1.92 bits per heavy atom. The number of carbonyl (C=O) groups excluding carboxylic acids is 2. The van der Waals surface area contributed by atoms with Gasteiger partial charge in [-0.2, -0.15) is 13.2 Å². The minimum absolute atomic E-state index is 0.00157. The van der Waals surface area contributed by atoms with Crippen molar-refractivity contribution < 1.29 is 36.6 Å². The van der Waals surface area contributed by atoms with Gasteiger partial charge in [-0.3, -0.25) is 23.9 Å². The van der Waals surface area contributed by atoms with Gasteiger partial charge in [0.1, 0.15) is 10.6 Å². The van der Waals surface area contributed by atoms with Gasteiger partial charge in [0.05, 0.1) is 27.9 Å². The van der Waals surface area contributed by atoms with Crippen LogP contribution in [0.5, 0.6) is 0 Å². The Bertz CT molecular complexity index is 1190. The molecule has 0 aliphatic carbocycles. The average molecular weight is 528 g/mol. The van der Waals surface area contributed by atoms with E-state index in [9.17, 15) is 37.1 Å². The zero-order valence-electron chi connectivity index (χ0n) is 19.5. The van der Waals surface area contributed by atoms with E-state index in [1.54, 1.807) is 24.8 Å². The topological polar surface area (TPSA) is 110 Å².